The molecule has 0 unspecified atom stereocenters. The predicted molar refractivity (Wildman–Crippen MR) is 108 cm³/mol. The van der Waals surface area contributed by atoms with Gasteiger partial charge in [0, 0.05) is 35.9 Å². The first-order valence-electron chi connectivity index (χ1n) is 9.40. The van der Waals surface area contributed by atoms with Crippen molar-refractivity contribution in [1.29, 1.82) is 0 Å². The first-order valence-corrected chi connectivity index (χ1v) is 9.40. The third kappa shape index (κ3) is 2.74. The topological polar surface area (TPSA) is 98.3 Å². The molecule has 3 atom stereocenters. The van der Waals surface area contributed by atoms with E-state index in [1.54, 1.807) is 24.3 Å². The van der Waals surface area contributed by atoms with Gasteiger partial charge in [0.2, 0.25) is 0 Å². The number of rotatable bonds is 3. The Morgan fingerprint density at radius 1 is 0.828 bits per heavy atom. The number of non-ortho nitro benzene ring substituents is 2. The Kier molecular flexibility index (Phi) is 3.84. The largest absolute Gasteiger partial charge is 0.378 e. The molecule has 0 spiro atoms. The van der Waals surface area contributed by atoms with Crippen molar-refractivity contribution < 1.29 is 9.85 Å². The van der Waals surface area contributed by atoms with Crippen molar-refractivity contribution in [2.75, 3.05) is 5.32 Å². The summed E-state index contributed by atoms with van der Waals surface area (Å²) >= 11 is 0. The maximum absolute atomic E-state index is 11.3. The van der Waals surface area contributed by atoms with Crippen LogP contribution in [0.15, 0.2) is 66.7 Å². The summed E-state index contributed by atoms with van der Waals surface area (Å²) in [6.07, 6.45) is 0.809. The molecule has 3 aromatic carbocycles. The van der Waals surface area contributed by atoms with Gasteiger partial charge in [-0.3, -0.25) is 20.2 Å². The fourth-order valence-corrected chi connectivity index (χ4v) is 4.82. The Labute approximate surface area is 166 Å². The van der Waals surface area contributed by atoms with Crippen molar-refractivity contribution in [1.82, 2.24) is 0 Å². The van der Waals surface area contributed by atoms with Crippen LogP contribution in [0, 0.1) is 26.1 Å². The molecule has 0 saturated heterocycles. The van der Waals surface area contributed by atoms with Crippen molar-refractivity contribution in [2.24, 2.45) is 5.92 Å². The smallest absolute Gasteiger partial charge is 0.269 e. The van der Waals surface area contributed by atoms with Crippen molar-refractivity contribution in [3.05, 3.63) is 109 Å². The van der Waals surface area contributed by atoms with Gasteiger partial charge < -0.3 is 5.32 Å². The minimum Gasteiger partial charge on any atom is -0.378 e. The van der Waals surface area contributed by atoms with E-state index in [9.17, 15) is 20.2 Å². The van der Waals surface area contributed by atoms with Crippen LogP contribution in [0.3, 0.4) is 0 Å². The van der Waals surface area contributed by atoms with Gasteiger partial charge in [0.05, 0.1) is 15.9 Å². The normalized spacial score (nSPS) is 21.4. The number of nitro groups is 2. The summed E-state index contributed by atoms with van der Waals surface area (Å²) in [4.78, 5) is 21.8. The lowest BCUT2D eigenvalue weighted by molar-refractivity contribution is -0.385. The Hall–Kier alpha value is -3.74. The standard InChI is InChI=1S/C22H17N3O4/c26-24(27)15-6-3-5-14(10-15)22-19-11-13-4-1-2-7-17(13)21(19)18-12-16(25(28)29)8-9-20(18)23-22/h1-10,12,19,21-23H,11H2/t19-,21+,22+/m1/s1. The van der Waals surface area contributed by atoms with E-state index in [1.807, 2.05) is 18.2 Å². The van der Waals surface area contributed by atoms with Gasteiger partial charge in [-0.1, -0.05) is 36.4 Å². The van der Waals surface area contributed by atoms with Crippen LogP contribution >= 0.6 is 0 Å². The van der Waals surface area contributed by atoms with Crippen LogP contribution in [0.5, 0.6) is 0 Å². The number of nitrogens with one attached hydrogen (secondary N) is 1. The van der Waals surface area contributed by atoms with Gasteiger partial charge in [-0.15, -0.1) is 0 Å². The van der Waals surface area contributed by atoms with Crippen molar-refractivity contribution in [3.63, 3.8) is 0 Å². The molecule has 7 heteroatoms. The highest BCUT2D eigenvalue weighted by atomic mass is 16.6. The molecule has 2 aliphatic rings. The molecular formula is C22H17N3O4. The van der Waals surface area contributed by atoms with Crippen LogP contribution in [-0.2, 0) is 6.42 Å². The van der Waals surface area contributed by atoms with E-state index < -0.39 is 0 Å². The molecule has 29 heavy (non-hydrogen) atoms. The SMILES string of the molecule is O=[N+]([O-])c1cccc([C@@H]2Nc3ccc([N+](=O)[O-])cc3[C@@H]3c4ccccc4C[C@H]32)c1. The molecule has 0 saturated carbocycles. The number of benzene rings is 3. The molecule has 0 fully saturated rings. The number of nitrogens with zero attached hydrogens (tertiary/aromatic N) is 2. The highest BCUT2D eigenvalue weighted by molar-refractivity contribution is 5.65. The monoisotopic (exact) mass is 387 g/mol. The third-order valence-corrected chi connectivity index (χ3v) is 6.03. The molecule has 0 amide bonds. The highest BCUT2D eigenvalue weighted by Crippen LogP contribution is 2.54. The number of hydrogen-bond acceptors (Lipinski definition) is 5. The maximum atomic E-state index is 11.3. The van der Waals surface area contributed by atoms with Gasteiger partial charge in [0.15, 0.2) is 0 Å². The van der Waals surface area contributed by atoms with Gasteiger partial charge in [-0.2, -0.15) is 0 Å². The molecular weight excluding hydrogens is 370 g/mol. The molecule has 1 aliphatic carbocycles. The molecule has 1 heterocycles. The molecule has 0 bridgehead atoms. The zero-order valence-corrected chi connectivity index (χ0v) is 15.3. The maximum Gasteiger partial charge on any atom is 0.269 e. The fraction of sp³-hybridized carbons (Fsp3) is 0.182. The fourth-order valence-electron chi connectivity index (χ4n) is 4.82. The number of hydrogen-bond donors (Lipinski definition) is 1. The summed E-state index contributed by atoms with van der Waals surface area (Å²) in [7, 11) is 0. The first kappa shape index (κ1) is 17.4. The second kappa shape index (κ2) is 6.41. The average molecular weight is 387 g/mol. The molecule has 1 N–H and O–H groups in total. The van der Waals surface area contributed by atoms with E-state index >= 15 is 0 Å². The lowest BCUT2D eigenvalue weighted by Crippen LogP contribution is -2.30. The molecule has 3 aromatic rings. The van der Waals surface area contributed by atoms with Crippen molar-refractivity contribution in [3.8, 4) is 0 Å². The lowest BCUT2D eigenvalue weighted by atomic mass is 9.75. The molecule has 0 aromatic heterocycles. The van der Waals surface area contributed by atoms with Gasteiger partial charge in [-0.05, 0) is 40.7 Å². The molecule has 1 aliphatic heterocycles. The number of anilines is 1. The third-order valence-electron chi connectivity index (χ3n) is 6.03. The Morgan fingerprint density at radius 2 is 1.59 bits per heavy atom. The molecule has 144 valence electrons. The number of fused-ring (bicyclic) bond motifs is 5. The second-order valence-corrected chi connectivity index (χ2v) is 7.55. The zero-order valence-electron chi connectivity index (χ0n) is 15.3. The second-order valence-electron chi connectivity index (χ2n) is 7.55. The summed E-state index contributed by atoms with van der Waals surface area (Å²) in [5.74, 6) is 0.121. The lowest BCUT2D eigenvalue weighted by Gasteiger charge is -2.37. The van der Waals surface area contributed by atoms with Gasteiger partial charge in [0.1, 0.15) is 0 Å². The molecule has 5 rings (SSSR count). The van der Waals surface area contributed by atoms with E-state index in [4.69, 9.17) is 0 Å². The van der Waals surface area contributed by atoms with Crippen LogP contribution in [-0.4, -0.2) is 9.85 Å². The highest BCUT2D eigenvalue weighted by Gasteiger charge is 2.44. The van der Waals surface area contributed by atoms with Gasteiger partial charge in [0.25, 0.3) is 11.4 Å². The minimum absolute atomic E-state index is 0.00612. The zero-order chi connectivity index (χ0) is 20.1. The predicted octanol–water partition coefficient (Wildman–Crippen LogP) is 4.97. The van der Waals surface area contributed by atoms with E-state index in [2.05, 4.69) is 17.4 Å². The summed E-state index contributed by atoms with van der Waals surface area (Å²) in [5.41, 5.74) is 5.13. The summed E-state index contributed by atoms with van der Waals surface area (Å²) < 4.78 is 0. The van der Waals surface area contributed by atoms with Crippen LogP contribution in [0.4, 0.5) is 17.1 Å². The minimum atomic E-state index is -0.384. The van der Waals surface area contributed by atoms with Gasteiger partial charge in [-0.25, -0.2) is 0 Å². The summed E-state index contributed by atoms with van der Waals surface area (Å²) in [5, 5.41) is 26.1. The van der Waals surface area contributed by atoms with Crippen LogP contribution in [0.2, 0.25) is 0 Å². The Morgan fingerprint density at radius 3 is 2.38 bits per heavy atom. The quantitative estimate of drug-likeness (QED) is 0.505. The molecule has 7 nitrogen and oxygen atoms in total. The Bertz CT molecular complexity index is 1160. The van der Waals surface area contributed by atoms with E-state index in [-0.39, 0.29) is 39.1 Å². The summed E-state index contributed by atoms with van der Waals surface area (Å²) in [6.45, 7) is 0. The van der Waals surface area contributed by atoms with E-state index in [0.717, 1.165) is 23.2 Å². The van der Waals surface area contributed by atoms with Crippen LogP contribution < -0.4 is 5.32 Å². The van der Waals surface area contributed by atoms with E-state index in [1.165, 1.54) is 23.3 Å². The molecule has 0 radical (unpaired) electrons. The van der Waals surface area contributed by atoms with Crippen molar-refractivity contribution >= 4 is 17.1 Å². The first-order chi connectivity index (χ1) is 14.0. The van der Waals surface area contributed by atoms with Gasteiger partial charge >= 0.3 is 0 Å². The van der Waals surface area contributed by atoms with Crippen LogP contribution in [0.25, 0.3) is 0 Å². The average Bonchev–Trinajstić information content (AvgIpc) is 3.12. The van der Waals surface area contributed by atoms with Crippen LogP contribution in [0.1, 0.15) is 34.2 Å². The Balaban J connectivity index is 1.67. The summed E-state index contributed by atoms with van der Waals surface area (Å²) in [6, 6.07) is 19.7. The van der Waals surface area contributed by atoms with E-state index in [0.29, 0.717) is 0 Å². The number of nitro benzene ring substituents is 2. The van der Waals surface area contributed by atoms with Crippen molar-refractivity contribution in [2.45, 2.75) is 18.4 Å².